The number of fused-ring (bicyclic) bond motifs is 3. The van der Waals surface area contributed by atoms with Crippen LogP contribution in [0.1, 0.15) is 27.2 Å². The summed E-state index contributed by atoms with van der Waals surface area (Å²) in [5.41, 5.74) is 7.00. The number of aryl methyl sites for hydroxylation is 3. The highest BCUT2D eigenvalue weighted by molar-refractivity contribution is 5.79. The van der Waals surface area contributed by atoms with Gasteiger partial charge in [0.1, 0.15) is 0 Å². The molecule has 0 atom stereocenters. The molecule has 80 valence electrons. The normalized spacial score (nSPS) is 13.1. The average Bonchev–Trinajstić information content (AvgIpc) is 2.71. The van der Waals surface area contributed by atoms with Crippen molar-refractivity contribution in [2.45, 2.75) is 19.8 Å². The fraction of sp³-hybridized carbons (Fsp3) is 0.214. The first-order valence-electron chi connectivity index (χ1n) is 5.55. The summed E-state index contributed by atoms with van der Waals surface area (Å²) in [7, 11) is 0. The van der Waals surface area contributed by atoms with Crippen molar-refractivity contribution < 1.29 is 4.79 Å². The molecule has 2 heteroatoms. The molecule has 0 spiro atoms. The topological polar surface area (TPSA) is 32.9 Å². The molecule has 0 bridgehead atoms. The first kappa shape index (κ1) is 9.40. The quantitative estimate of drug-likeness (QED) is 0.723. The molecule has 1 aliphatic carbocycles. The molecule has 0 saturated carbocycles. The standard InChI is InChI=1S/C14H13NO/c1-9-2-5-13-10(6-9)3-4-11-7-12(8-16)15-14(11)13/h2,5-8,15H,3-4H2,1H3. The summed E-state index contributed by atoms with van der Waals surface area (Å²) in [5.74, 6) is 0. The third-order valence-electron chi connectivity index (χ3n) is 3.24. The first-order chi connectivity index (χ1) is 7.78. The number of aromatic nitrogens is 1. The predicted molar refractivity (Wildman–Crippen MR) is 63.8 cm³/mol. The lowest BCUT2D eigenvalue weighted by Gasteiger charge is -2.16. The van der Waals surface area contributed by atoms with E-state index >= 15 is 0 Å². The van der Waals surface area contributed by atoms with Crippen molar-refractivity contribution in [3.63, 3.8) is 0 Å². The van der Waals surface area contributed by atoms with Gasteiger partial charge in [-0.2, -0.15) is 0 Å². The van der Waals surface area contributed by atoms with E-state index in [0.29, 0.717) is 5.69 Å². The van der Waals surface area contributed by atoms with Crippen LogP contribution >= 0.6 is 0 Å². The van der Waals surface area contributed by atoms with Crippen molar-refractivity contribution in [2.75, 3.05) is 0 Å². The largest absolute Gasteiger partial charge is 0.352 e. The number of aromatic amines is 1. The molecule has 0 radical (unpaired) electrons. The van der Waals surface area contributed by atoms with Crippen molar-refractivity contribution in [2.24, 2.45) is 0 Å². The summed E-state index contributed by atoms with van der Waals surface area (Å²) < 4.78 is 0. The van der Waals surface area contributed by atoms with Crippen molar-refractivity contribution in [3.8, 4) is 11.3 Å². The molecule has 0 unspecified atom stereocenters. The van der Waals surface area contributed by atoms with Crippen molar-refractivity contribution in [3.05, 3.63) is 46.6 Å². The van der Waals surface area contributed by atoms with E-state index in [4.69, 9.17) is 0 Å². The molecular formula is C14H13NO. The number of carbonyl (C=O) groups is 1. The monoisotopic (exact) mass is 211 g/mol. The minimum Gasteiger partial charge on any atom is -0.352 e. The maximum absolute atomic E-state index is 10.8. The number of hydrogen-bond acceptors (Lipinski definition) is 1. The Bertz CT molecular complexity index is 566. The van der Waals surface area contributed by atoms with Crippen LogP contribution in [0.2, 0.25) is 0 Å². The van der Waals surface area contributed by atoms with Gasteiger partial charge in [-0.25, -0.2) is 0 Å². The van der Waals surface area contributed by atoms with Gasteiger partial charge in [-0.15, -0.1) is 0 Å². The minimum atomic E-state index is 0.679. The Morgan fingerprint density at radius 1 is 1.19 bits per heavy atom. The molecular weight excluding hydrogens is 198 g/mol. The summed E-state index contributed by atoms with van der Waals surface area (Å²) >= 11 is 0. The van der Waals surface area contributed by atoms with Crippen molar-refractivity contribution in [1.82, 2.24) is 4.98 Å². The molecule has 1 heterocycles. The summed E-state index contributed by atoms with van der Waals surface area (Å²) in [4.78, 5) is 14.0. The molecule has 1 aromatic heterocycles. The van der Waals surface area contributed by atoms with E-state index in [1.807, 2.05) is 6.07 Å². The lowest BCUT2D eigenvalue weighted by Crippen LogP contribution is -2.02. The fourth-order valence-electron chi connectivity index (χ4n) is 2.46. The van der Waals surface area contributed by atoms with Crippen LogP contribution in [0.3, 0.4) is 0 Å². The maximum Gasteiger partial charge on any atom is 0.166 e. The Balaban J connectivity index is 2.22. The van der Waals surface area contributed by atoms with E-state index in [1.165, 1.54) is 22.3 Å². The van der Waals surface area contributed by atoms with Crippen LogP contribution in [0, 0.1) is 6.92 Å². The molecule has 0 fully saturated rings. The Hall–Kier alpha value is -1.83. The zero-order chi connectivity index (χ0) is 11.1. The van der Waals surface area contributed by atoms with Gasteiger partial charge in [0.2, 0.25) is 0 Å². The van der Waals surface area contributed by atoms with Gasteiger partial charge in [-0.1, -0.05) is 23.8 Å². The summed E-state index contributed by atoms with van der Waals surface area (Å²) in [6.07, 6.45) is 2.97. The van der Waals surface area contributed by atoms with Gasteiger partial charge >= 0.3 is 0 Å². The Morgan fingerprint density at radius 2 is 2.00 bits per heavy atom. The van der Waals surface area contributed by atoms with Crippen LogP contribution in [-0.4, -0.2) is 11.3 Å². The van der Waals surface area contributed by atoms with Crippen LogP contribution < -0.4 is 0 Å². The van der Waals surface area contributed by atoms with Crippen LogP contribution in [0.5, 0.6) is 0 Å². The van der Waals surface area contributed by atoms with E-state index in [2.05, 4.69) is 30.1 Å². The molecule has 3 rings (SSSR count). The highest BCUT2D eigenvalue weighted by atomic mass is 16.1. The zero-order valence-electron chi connectivity index (χ0n) is 9.21. The zero-order valence-corrected chi connectivity index (χ0v) is 9.21. The summed E-state index contributed by atoms with van der Waals surface area (Å²) in [6, 6.07) is 8.47. The van der Waals surface area contributed by atoms with E-state index in [-0.39, 0.29) is 0 Å². The van der Waals surface area contributed by atoms with Crippen LogP contribution in [0.25, 0.3) is 11.3 Å². The summed E-state index contributed by atoms with van der Waals surface area (Å²) in [6.45, 7) is 2.11. The van der Waals surface area contributed by atoms with Gasteiger partial charge in [0.05, 0.1) is 5.69 Å². The number of benzene rings is 1. The lowest BCUT2D eigenvalue weighted by molar-refractivity contribution is 0.111. The third kappa shape index (κ3) is 1.30. The number of rotatable bonds is 1. The van der Waals surface area contributed by atoms with Gasteiger partial charge in [0, 0.05) is 11.3 Å². The van der Waals surface area contributed by atoms with E-state index in [9.17, 15) is 4.79 Å². The average molecular weight is 211 g/mol. The Morgan fingerprint density at radius 3 is 2.81 bits per heavy atom. The highest BCUT2D eigenvalue weighted by Crippen LogP contribution is 2.33. The van der Waals surface area contributed by atoms with Gasteiger partial charge in [0.15, 0.2) is 6.29 Å². The second kappa shape index (κ2) is 3.34. The molecule has 1 aliphatic rings. The lowest BCUT2D eigenvalue weighted by atomic mass is 9.89. The number of H-pyrrole nitrogens is 1. The Labute approximate surface area is 94.3 Å². The molecule has 0 amide bonds. The molecule has 16 heavy (non-hydrogen) atoms. The molecule has 1 N–H and O–H groups in total. The minimum absolute atomic E-state index is 0.679. The van der Waals surface area contributed by atoms with Gasteiger partial charge in [0.25, 0.3) is 0 Å². The van der Waals surface area contributed by atoms with Gasteiger partial charge in [-0.3, -0.25) is 4.79 Å². The SMILES string of the molecule is Cc1ccc2c(c1)CCc1cc(C=O)[nH]c1-2. The van der Waals surface area contributed by atoms with Crippen molar-refractivity contribution >= 4 is 6.29 Å². The maximum atomic E-state index is 10.8. The molecule has 2 nitrogen and oxygen atoms in total. The second-order valence-electron chi connectivity index (χ2n) is 4.40. The van der Waals surface area contributed by atoms with Crippen LogP contribution in [-0.2, 0) is 12.8 Å². The number of aldehydes is 1. The van der Waals surface area contributed by atoms with E-state index in [0.717, 1.165) is 24.8 Å². The molecule has 0 aliphatic heterocycles. The molecule has 2 aromatic rings. The van der Waals surface area contributed by atoms with Crippen LogP contribution in [0.4, 0.5) is 0 Å². The number of carbonyl (C=O) groups excluding carboxylic acids is 1. The van der Waals surface area contributed by atoms with E-state index < -0.39 is 0 Å². The fourth-order valence-corrected chi connectivity index (χ4v) is 2.46. The molecule has 0 saturated heterocycles. The van der Waals surface area contributed by atoms with Crippen LogP contribution in [0.15, 0.2) is 24.3 Å². The number of nitrogens with one attached hydrogen (secondary N) is 1. The third-order valence-corrected chi connectivity index (χ3v) is 3.24. The first-order valence-corrected chi connectivity index (χ1v) is 5.55. The highest BCUT2D eigenvalue weighted by Gasteiger charge is 2.18. The van der Waals surface area contributed by atoms with E-state index in [1.54, 1.807) is 0 Å². The smallest absolute Gasteiger partial charge is 0.166 e. The van der Waals surface area contributed by atoms with Crippen molar-refractivity contribution in [1.29, 1.82) is 0 Å². The predicted octanol–water partition coefficient (Wildman–Crippen LogP) is 2.90. The Kier molecular flexibility index (Phi) is 1.96. The van der Waals surface area contributed by atoms with Gasteiger partial charge < -0.3 is 4.98 Å². The number of hydrogen-bond donors (Lipinski definition) is 1. The summed E-state index contributed by atoms with van der Waals surface area (Å²) in [5, 5.41) is 0. The molecule has 1 aromatic carbocycles. The van der Waals surface area contributed by atoms with Gasteiger partial charge in [-0.05, 0) is 37.0 Å². The second-order valence-corrected chi connectivity index (χ2v) is 4.40.